The van der Waals surface area contributed by atoms with E-state index in [1.165, 1.54) is 0 Å². The van der Waals surface area contributed by atoms with Crippen molar-refractivity contribution in [2.24, 2.45) is 0 Å². The van der Waals surface area contributed by atoms with Gasteiger partial charge in [-0.2, -0.15) is 0 Å². The first-order valence-corrected chi connectivity index (χ1v) is 6.98. The Hall–Kier alpha value is -1.63. The Kier molecular flexibility index (Phi) is 4.73. The second-order valence-electron chi connectivity index (χ2n) is 4.11. The van der Waals surface area contributed by atoms with Crippen molar-refractivity contribution in [3.63, 3.8) is 0 Å². The lowest BCUT2D eigenvalue weighted by atomic mass is 10.3. The van der Waals surface area contributed by atoms with Crippen LogP contribution in [0, 0.1) is 0 Å². The molecule has 0 aromatic carbocycles. The highest BCUT2D eigenvalue weighted by molar-refractivity contribution is 9.10. The Balaban J connectivity index is 1.80. The van der Waals surface area contributed by atoms with Gasteiger partial charge < -0.3 is 9.88 Å². The van der Waals surface area contributed by atoms with Crippen LogP contribution in [0.3, 0.4) is 0 Å². The van der Waals surface area contributed by atoms with Gasteiger partial charge in [-0.05, 0) is 35.3 Å². The van der Waals surface area contributed by atoms with E-state index in [0.717, 1.165) is 24.0 Å². The van der Waals surface area contributed by atoms with Crippen LogP contribution in [0.15, 0.2) is 29.1 Å². The number of hydrogen-bond donors (Lipinski definition) is 1. The number of halogens is 1. The standard InChI is InChI=1S/C12H16BrN5O/c1-2-17-9-10(13)8-11(17)12(19)14-4-3-6-18-7-5-15-16-18/h5,7-9H,2-4,6H2,1H3,(H,14,19). The molecule has 0 saturated heterocycles. The molecule has 0 saturated carbocycles. The second-order valence-corrected chi connectivity index (χ2v) is 5.02. The number of carbonyl (C=O) groups excluding carboxylic acids is 1. The number of amides is 1. The Labute approximate surface area is 119 Å². The summed E-state index contributed by atoms with van der Waals surface area (Å²) in [6.45, 7) is 4.14. The summed E-state index contributed by atoms with van der Waals surface area (Å²) in [7, 11) is 0. The van der Waals surface area contributed by atoms with Crippen LogP contribution in [0.2, 0.25) is 0 Å². The van der Waals surface area contributed by atoms with Gasteiger partial charge in [0.15, 0.2) is 0 Å². The van der Waals surface area contributed by atoms with Crippen LogP contribution in [0.5, 0.6) is 0 Å². The van der Waals surface area contributed by atoms with Gasteiger partial charge >= 0.3 is 0 Å². The number of rotatable bonds is 6. The third-order valence-corrected chi connectivity index (χ3v) is 3.19. The van der Waals surface area contributed by atoms with E-state index in [1.54, 1.807) is 17.1 Å². The minimum Gasteiger partial charge on any atom is -0.351 e. The predicted octanol–water partition coefficient (Wildman–Crippen LogP) is 1.68. The third kappa shape index (κ3) is 3.66. The highest BCUT2D eigenvalue weighted by atomic mass is 79.9. The Morgan fingerprint density at radius 2 is 2.37 bits per heavy atom. The molecule has 0 aliphatic rings. The van der Waals surface area contributed by atoms with E-state index in [9.17, 15) is 4.79 Å². The lowest BCUT2D eigenvalue weighted by Crippen LogP contribution is -2.27. The zero-order chi connectivity index (χ0) is 13.7. The van der Waals surface area contributed by atoms with Crippen LogP contribution >= 0.6 is 15.9 Å². The maximum Gasteiger partial charge on any atom is 0.267 e. The lowest BCUT2D eigenvalue weighted by Gasteiger charge is -2.07. The molecule has 0 spiro atoms. The van der Waals surface area contributed by atoms with Crippen molar-refractivity contribution in [1.29, 1.82) is 0 Å². The molecule has 2 aromatic rings. The molecule has 0 radical (unpaired) electrons. The SMILES string of the molecule is CCn1cc(Br)cc1C(=O)NCCCn1ccnn1. The van der Waals surface area contributed by atoms with E-state index < -0.39 is 0 Å². The minimum absolute atomic E-state index is 0.0499. The quantitative estimate of drug-likeness (QED) is 0.822. The van der Waals surface area contributed by atoms with Crippen molar-refractivity contribution in [2.75, 3.05) is 6.54 Å². The molecule has 0 atom stereocenters. The topological polar surface area (TPSA) is 64.7 Å². The first-order chi connectivity index (χ1) is 9.20. The average Bonchev–Trinajstić information content (AvgIpc) is 3.03. The van der Waals surface area contributed by atoms with Crippen molar-refractivity contribution in [1.82, 2.24) is 24.9 Å². The van der Waals surface area contributed by atoms with Gasteiger partial charge in [-0.15, -0.1) is 5.10 Å². The van der Waals surface area contributed by atoms with E-state index in [2.05, 4.69) is 31.6 Å². The highest BCUT2D eigenvalue weighted by Crippen LogP contribution is 2.14. The van der Waals surface area contributed by atoms with Crippen LogP contribution in [0.1, 0.15) is 23.8 Å². The summed E-state index contributed by atoms with van der Waals surface area (Å²) in [6, 6.07) is 1.83. The normalized spacial score (nSPS) is 10.6. The largest absolute Gasteiger partial charge is 0.351 e. The number of nitrogens with zero attached hydrogens (tertiary/aromatic N) is 4. The van der Waals surface area contributed by atoms with Gasteiger partial charge in [0.1, 0.15) is 5.69 Å². The van der Waals surface area contributed by atoms with Crippen LogP contribution in [0.25, 0.3) is 0 Å². The fraction of sp³-hybridized carbons (Fsp3) is 0.417. The predicted molar refractivity (Wildman–Crippen MR) is 74.8 cm³/mol. The molecule has 0 aliphatic carbocycles. The van der Waals surface area contributed by atoms with E-state index in [0.29, 0.717) is 12.2 Å². The molecule has 0 aliphatic heterocycles. The van der Waals surface area contributed by atoms with E-state index in [1.807, 2.05) is 23.8 Å². The summed E-state index contributed by atoms with van der Waals surface area (Å²) in [5.41, 5.74) is 0.676. The Morgan fingerprint density at radius 3 is 3.05 bits per heavy atom. The van der Waals surface area contributed by atoms with E-state index in [-0.39, 0.29) is 5.91 Å². The highest BCUT2D eigenvalue weighted by Gasteiger charge is 2.11. The van der Waals surface area contributed by atoms with Crippen molar-refractivity contribution < 1.29 is 4.79 Å². The third-order valence-electron chi connectivity index (χ3n) is 2.76. The molecule has 2 heterocycles. The Bertz CT molecular complexity index is 534. The molecule has 1 N–H and O–H groups in total. The Morgan fingerprint density at radius 1 is 1.53 bits per heavy atom. The molecule has 0 bridgehead atoms. The smallest absolute Gasteiger partial charge is 0.267 e. The lowest BCUT2D eigenvalue weighted by molar-refractivity contribution is 0.0943. The maximum absolute atomic E-state index is 12.0. The van der Waals surface area contributed by atoms with Crippen LogP contribution in [0.4, 0.5) is 0 Å². The molecule has 102 valence electrons. The molecule has 2 aromatic heterocycles. The zero-order valence-electron chi connectivity index (χ0n) is 10.7. The van der Waals surface area contributed by atoms with Gasteiger partial charge in [0.25, 0.3) is 5.91 Å². The fourth-order valence-corrected chi connectivity index (χ4v) is 2.28. The van der Waals surface area contributed by atoms with Gasteiger partial charge in [0.2, 0.25) is 0 Å². The van der Waals surface area contributed by atoms with Gasteiger partial charge in [0, 0.05) is 36.5 Å². The number of aryl methyl sites for hydroxylation is 2. The number of hydrogen-bond acceptors (Lipinski definition) is 3. The summed E-state index contributed by atoms with van der Waals surface area (Å²) in [4.78, 5) is 12.0. The van der Waals surface area contributed by atoms with Crippen LogP contribution < -0.4 is 5.32 Å². The zero-order valence-corrected chi connectivity index (χ0v) is 12.3. The monoisotopic (exact) mass is 325 g/mol. The van der Waals surface area contributed by atoms with Gasteiger partial charge in [-0.25, -0.2) is 0 Å². The summed E-state index contributed by atoms with van der Waals surface area (Å²) >= 11 is 3.38. The fourth-order valence-electron chi connectivity index (χ4n) is 1.81. The molecule has 1 amide bonds. The first-order valence-electron chi connectivity index (χ1n) is 6.18. The van der Waals surface area contributed by atoms with E-state index in [4.69, 9.17) is 0 Å². The van der Waals surface area contributed by atoms with Gasteiger partial charge in [-0.1, -0.05) is 5.21 Å². The maximum atomic E-state index is 12.0. The summed E-state index contributed by atoms with van der Waals surface area (Å²) in [6.07, 6.45) is 6.18. The molecular weight excluding hydrogens is 310 g/mol. The van der Waals surface area contributed by atoms with Crippen molar-refractivity contribution in [3.05, 3.63) is 34.8 Å². The second kappa shape index (κ2) is 6.51. The van der Waals surface area contributed by atoms with Gasteiger partial charge in [-0.3, -0.25) is 9.48 Å². The summed E-state index contributed by atoms with van der Waals surface area (Å²) in [5, 5.41) is 10.5. The molecule has 7 heteroatoms. The van der Waals surface area contributed by atoms with E-state index >= 15 is 0 Å². The number of aromatic nitrogens is 4. The molecule has 0 fully saturated rings. The summed E-state index contributed by atoms with van der Waals surface area (Å²) in [5.74, 6) is -0.0499. The van der Waals surface area contributed by atoms with Crippen LogP contribution in [-0.2, 0) is 13.1 Å². The van der Waals surface area contributed by atoms with Gasteiger partial charge in [0.05, 0.1) is 6.20 Å². The molecule has 0 unspecified atom stereocenters. The van der Waals surface area contributed by atoms with Crippen molar-refractivity contribution >= 4 is 21.8 Å². The minimum atomic E-state index is -0.0499. The molecule has 19 heavy (non-hydrogen) atoms. The molecular formula is C12H16BrN5O. The van der Waals surface area contributed by atoms with Crippen molar-refractivity contribution in [3.8, 4) is 0 Å². The number of carbonyl (C=O) groups is 1. The molecule has 2 rings (SSSR count). The first kappa shape index (κ1) is 13.8. The summed E-state index contributed by atoms with van der Waals surface area (Å²) < 4.78 is 4.58. The average molecular weight is 326 g/mol. The van der Waals surface area contributed by atoms with Crippen molar-refractivity contribution in [2.45, 2.75) is 26.4 Å². The molecule has 6 nitrogen and oxygen atoms in total. The van der Waals surface area contributed by atoms with Crippen LogP contribution in [-0.4, -0.2) is 32.0 Å². The number of nitrogens with one attached hydrogen (secondary N) is 1.